The van der Waals surface area contributed by atoms with E-state index in [2.05, 4.69) is 0 Å². The van der Waals surface area contributed by atoms with Gasteiger partial charge in [0.2, 0.25) is 5.78 Å². The molecule has 0 aromatic heterocycles. The van der Waals surface area contributed by atoms with E-state index in [1.807, 2.05) is 42.5 Å². The minimum atomic E-state index is -0.667. The second kappa shape index (κ2) is 8.00. The third kappa shape index (κ3) is 5.31. The van der Waals surface area contributed by atoms with E-state index in [4.69, 9.17) is 4.74 Å². The van der Waals surface area contributed by atoms with Crippen molar-refractivity contribution in [3.63, 3.8) is 0 Å². The van der Waals surface area contributed by atoms with Crippen LogP contribution in [0.2, 0.25) is 0 Å². The van der Waals surface area contributed by atoms with E-state index < -0.39 is 11.6 Å². The van der Waals surface area contributed by atoms with Crippen molar-refractivity contribution in [3.8, 4) is 11.1 Å². The molecule has 0 saturated heterocycles. The van der Waals surface area contributed by atoms with Gasteiger partial charge < -0.3 is 9.64 Å². The van der Waals surface area contributed by atoms with Crippen LogP contribution < -0.4 is 0 Å². The molecule has 136 valence electrons. The molecule has 0 saturated carbocycles. The number of ether oxygens (including phenoxy) is 1. The molecule has 2 aromatic carbocycles. The van der Waals surface area contributed by atoms with Gasteiger partial charge in [-0.1, -0.05) is 54.6 Å². The van der Waals surface area contributed by atoms with Gasteiger partial charge in [-0.3, -0.25) is 4.79 Å². The Morgan fingerprint density at radius 3 is 1.92 bits per heavy atom. The largest absolute Gasteiger partial charge is 0.456 e. The lowest BCUT2D eigenvalue weighted by Crippen LogP contribution is -2.28. The van der Waals surface area contributed by atoms with Crippen molar-refractivity contribution in [2.45, 2.75) is 26.4 Å². The monoisotopic (exact) mass is 351 g/mol. The number of carbonyl (C=O) groups is 2. The highest BCUT2D eigenvalue weighted by Crippen LogP contribution is 2.21. The molecule has 2 aromatic rings. The lowest BCUT2D eigenvalue weighted by molar-refractivity contribution is -0.149. The van der Waals surface area contributed by atoms with Crippen LogP contribution in [0.15, 0.2) is 66.4 Å². The Balaban J connectivity index is 2.30. The van der Waals surface area contributed by atoms with Gasteiger partial charge in [-0.05, 0) is 31.9 Å². The summed E-state index contributed by atoms with van der Waals surface area (Å²) in [5.41, 5.74) is 1.88. The van der Waals surface area contributed by atoms with E-state index in [0.29, 0.717) is 5.56 Å². The number of rotatable bonds is 5. The van der Waals surface area contributed by atoms with Crippen LogP contribution in [-0.2, 0) is 9.53 Å². The summed E-state index contributed by atoms with van der Waals surface area (Å²) in [5.74, 6) is -0.976. The smallest absolute Gasteiger partial charge is 0.344 e. The number of carbonyl (C=O) groups excluding carboxylic acids is 2. The molecule has 0 aliphatic rings. The van der Waals surface area contributed by atoms with Crippen molar-refractivity contribution >= 4 is 11.8 Å². The fourth-order valence-electron chi connectivity index (χ4n) is 2.40. The Morgan fingerprint density at radius 1 is 0.885 bits per heavy atom. The highest BCUT2D eigenvalue weighted by atomic mass is 16.6. The average Bonchev–Trinajstić information content (AvgIpc) is 2.58. The number of esters is 1. The van der Waals surface area contributed by atoms with Gasteiger partial charge in [0.25, 0.3) is 0 Å². The minimum Gasteiger partial charge on any atom is -0.456 e. The molecule has 0 aliphatic heterocycles. The van der Waals surface area contributed by atoms with Gasteiger partial charge in [0, 0.05) is 25.9 Å². The van der Waals surface area contributed by atoms with E-state index >= 15 is 0 Å². The number of hydrogen-bond donors (Lipinski definition) is 0. The topological polar surface area (TPSA) is 46.6 Å². The first kappa shape index (κ1) is 19.4. The summed E-state index contributed by atoms with van der Waals surface area (Å²) >= 11 is 0. The first-order valence-corrected chi connectivity index (χ1v) is 8.49. The standard InChI is InChI=1S/C22H25NO3/c1-22(2,3)26-21(25)19(15-23(4)5)20(24)18-13-11-17(12-14-18)16-9-7-6-8-10-16/h6-15H,1-5H3. The van der Waals surface area contributed by atoms with Crippen LogP contribution in [-0.4, -0.2) is 36.3 Å². The predicted octanol–water partition coefficient (Wildman–Crippen LogP) is 4.32. The summed E-state index contributed by atoms with van der Waals surface area (Å²) < 4.78 is 5.38. The fourth-order valence-corrected chi connectivity index (χ4v) is 2.40. The van der Waals surface area contributed by atoms with Crippen molar-refractivity contribution in [1.82, 2.24) is 4.90 Å². The molecule has 0 amide bonds. The van der Waals surface area contributed by atoms with Crippen LogP contribution in [0.1, 0.15) is 31.1 Å². The second-order valence-electron chi connectivity index (χ2n) is 7.28. The van der Waals surface area contributed by atoms with Crippen LogP contribution in [0.25, 0.3) is 11.1 Å². The van der Waals surface area contributed by atoms with Gasteiger partial charge in [0.1, 0.15) is 11.2 Å². The molecule has 0 radical (unpaired) electrons. The van der Waals surface area contributed by atoms with Gasteiger partial charge in [0.15, 0.2) is 0 Å². The maximum atomic E-state index is 12.9. The molecule has 0 aliphatic carbocycles. The molecule has 4 heteroatoms. The van der Waals surface area contributed by atoms with Crippen LogP contribution in [0.3, 0.4) is 0 Å². The zero-order chi connectivity index (χ0) is 19.3. The van der Waals surface area contributed by atoms with Crippen LogP contribution in [0.5, 0.6) is 0 Å². The molecule has 0 unspecified atom stereocenters. The Hall–Kier alpha value is -2.88. The second-order valence-corrected chi connectivity index (χ2v) is 7.28. The summed E-state index contributed by atoms with van der Waals surface area (Å²) in [6.45, 7) is 5.33. The number of hydrogen-bond acceptors (Lipinski definition) is 4. The molecule has 0 spiro atoms. The summed E-state index contributed by atoms with van der Waals surface area (Å²) in [6.07, 6.45) is 1.50. The maximum Gasteiger partial charge on any atom is 0.344 e. The van der Waals surface area contributed by atoms with Crippen molar-refractivity contribution in [2.75, 3.05) is 14.1 Å². The predicted molar refractivity (Wildman–Crippen MR) is 104 cm³/mol. The Kier molecular flexibility index (Phi) is 5.98. The quantitative estimate of drug-likeness (QED) is 0.265. The van der Waals surface area contributed by atoms with Gasteiger partial charge in [0.05, 0.1) is 0 Å². The average molecular weight is 351 g/mol. The molecule has 0 N–H and O–H groups in total. The molecule has 26 heavy (non-hydrogen) atoms. The molecular formula is C22H25NO3. The summed E-state index contributed by atoms with van der Waals surface area (Å²) in [5, 5.41) is 0. The molecule has 2 rings (SSSR count). The Morgan fingerprint density at radius 2 is 1.42 bits per heavy atom. The Labute approximate surface area is 155 Å². The normalized spacial score (nSPS) is 11.8. The van der Waals surface area contributed by atoms with Crippen LogP contribution in [0.4, 0.5) is 0 Å². The lowest BCUT2D eigenvalue weighted by atomic mass is 9.99. The van der Waals surface area contributed by atoms with Crippen LogP contribution in [0, 0.1) is 0 Å². The van der Waals surface area contributed by atoms with Crippen molar-refractivity contribution < 1.29 is 14.3 Å². The zero-order valence-corrected chi connectivity index (χ0v) is 15.9. The maximum absolute atomic E-state index is 12.9. The fraction of sp³-hybridized carbons (Fsp3) is 0.273. The van der Waals surface area contributed by atoms with E-state index in [1.54, 1.807) is 51.9 Å². The van der Waals surface area contributed by atoms with Gasteiger partial charge in [-0.25, -0.2) is 4.79 Å². The van der Waals surface area contributed by atoms with Gasteiger partial charge in [-0.2, -0.15) is 0 Å². The highest BCUT2D eigenvalue weighted by Gasteiger charge is 2.26. The number of benzene rings is 2. The van der Waals surface area contributed by atoms with Gasteiger partial charge in [-0.15, -0.1) is 0 Å². The van der Waals surface area contributed by atoms with Gasteiger partial charge >= 0.3 is 5.97 Å². The highest BCUT2D eigenvalue weighted by molar-refractivity contribution is 6.24. The van der Waals surface area contributed by atoms with E-state index in [-0.39, 0.29) is 11.4 Å². The minimum absolute atomic E-state index is 0.0115. The number of ketones is 1. The lowest BCUT2D eigenvalue weighted by Gasteiger charge is -2.21. The van der Waals surface area contributed by atoms with Crippen molar-refractivity contribution in [2.24, 2.45) is 0 Å². The molecule has 0 heterocycles. The first-order valence-electron chi connectivity index (χ1n) is 8.49. The number of nitrogens with zero attached hydrogens (tertiary/aromatic N) is 1. The first-order chi connectivity index (χ1) is 12.2. The summed E-state index contributed by atoms with van der Waals surface area (Å²) in [7, 11) is 3.52. The van der Waals surface area contributed by atoms with E-state index in [1.165, 1.54) is 6.20 Å². The van der Waals surface area contributed by atoms with Crippen molar-refractivity contribution in [3.05, 3.63) is 71.9 Å². The van der Waals surface area contributed by atoms with E-state index in [0.717, 1.165) is 11.1 Å². The number of Topliss-reactive ketones (excluding diaryl/α,β-unsaturated/α-hetero) is 1. The molecular weight excluding hydrogens is 326 g/mol. The van der Waals surface area contributed by atoms with Crippen molar-refractivity contribution in [1.29, 1.82) is 0 Å². The summed E-state index contributed by atoms with van der Waals surface area (Å²) in [6, 6.07) is 17.1. The molecule has 0 fully saturated rings. The SMILES string of the molecule is CN(C)C=C(C(=O)OC(C)(C)C)C(=O)c1ccc(-c2ccccc2)cc1. The third-order valence-corrected chi connectivity index (χ3v) is 3.50. The third-order valence-electron chi connectivity index (χ3n) is 3.50. The molecule has 0 atom stereocenters. The van der Waals surface area contributed by atoms with Crippen LogP contribution >= 0.6 is 0 Å². The van der Waals surface area contributed by atoms with E-state index in [9.17, 15) is 9.59 Å². The summed E-state index contributed by atoms with van der Waals surface area (Å²) in [4.78, 5) is 27.0. The Bertz CT molecular complexity index is 798. The zero-order valence-electron chi connectivity index (χ0n) is 15.9. The molecule has 4 nitrogen and oxygen atoms in total. The molecule has 0 bridgehead atoms.